The summed E-state index contributed by atoms with van der Waals surface area (Å²) in [5.41, 5.74) is -0.177. The molecule has 0 aliphatic rings. The van der Waals surface area contributed by atoms with Crippen LogP contribution in [0.1, 0.15) is 10.4 Å². The van der Waals surface area contributed by atoms with Gasteiger partial charge in [-0.3, -0.25) is 14.9 Å². The van der Waals surface area contributed by atoms with Gasteiger partial charge in [0.25, 0.3) is 5.91 Å². The third kappa shape index (κ3) is 5.34. The maximum atomic E-state index is 12.5. The highest BCUT2D eigenvalue weighted by Gasteiger charge is 2.21. The van der Waals surface area contributed by atoms with E-state index in [-0.39, 0.29) is 30.2 Å². The maximum Gasteiger partial charge on any atom is 0.311 e. The van der Waals surface area contributed by atoms with Crippen LogP contribution in [0.3, 0.4) is 0 Å². The van der Waals surface area contributed by atoms with Crippen LogP contribution in [-0.4, -0.2) is 61.4 Å². The second kappa shape index (κ2) is 9.56. The van der Waals surface area contributed by atoms with Gasteiger partial charge in [-0.25, -0.2) is 0 Å². The number of aliphatic hydroxyl groups excluding tert-OH is 1. The smallest absolute Gasteiger partial charge is 0.311 e. The maximum absolute atomic E-state index is 12.5. The Labute approximate surface area is 162 Å². The number of hydrogen-bond donors (Lipinski definition) is 1. The Morgan fingerprint density at radius 1 is 1.14 bits per heavy atom. The second-order valence-electron chi connectivity index (χ2n) is 5.97. The Morgan fingerprint density at radius 2 is 1.79 bits per heavy atom. The molecule has 0 radical (unpaired) electrons. The van der Waals surface area contributed by atoms with Crippen molar-refractivity contribution >= 4 is 11.6 Å². The van der Waals surface area contributed by atoms with E-state index in [0.29, 0.717) is 11.5 Å². The van der Waals surface area contributed by atoms with Crippen molar-refractivity contribution in [1.82, 2.24) is 4.90 Å². The number of hydrogen-bond acceptors (Lipinski definition) is 7. The number of nitrogens with zero attached hydrogens (tertiary/aromatic N) is 2. The number of ether oxygens (including phenoxy) is 3. The molecular formula is C19H22N2O7. The van der Waals surface area contributed by atoms with Crippen molar-refractivity contribution in [2.75, 3.05) is 34.4 Å². The zero-order valence-corrected chi connectivity index (χ0v) is 15.8. The first-order valence-electron chi connectivity index (χ1n) is 8.38. The van der Waals surface area contributed by atoms with Gasteiger partial charge in [0.1, 0.15) is 24.2 Å². The van der Waals surface area contributed by atoms with Crippen LogP contribution in [0.2, 0.25) is 0 Å². The molecule has 9 heteroatoms. The summed E-state index contributed by atoms with van der Waals surface area (Å²) in [6.07, 6.45) is -0.940. The molecule has 0 aliphatic carbocycles. The minimum atomic E-state index is -0.940. The van der Waals surface area contributed by atoms with E-state index >= 15 is 0 Å². The van der Waals surface area contributed by atoms with Gasteiger partial charge < -0.3 is 24.2 Å². The molecule has 1 atom stereocenters. The largest absolute Gasteiger partial charge is 0.497 e. The van der Waals surface area contributed by atoms with Crippen molar-refractivity contribution in [2.45, 2.75) is 6.10 Å². The van der Waals surface area contributed by atoms with Crippen molar-refractivity contribution in [3.8, 4) is 17.2 Å². The fraction of sp³-hybridized carbons (Fsp3) is 0.316. The molecule has 0 spiro atoms. The van der Waals surface area contributed by atoms with Gasteiger partial charge in [0.2, 0.25) is 0 Å². The molecule has 0 fully saturated rings. The summed E-state index contributed by atoms with van der Waals surface area (Å²) in [5.74, 6) is 0.845. The summed E-state index contributed by atoms with van der Waals surface area (Å²) >= 11 is 0. The van der Waals surface area contributed by atoms with E-state index in [4.69, 9.17) is 14.2 Å². The number of carbonyl (C=O) groups excluding carboxylic acids is 1. The molecule has 9 nitrogen and oxygen atoms in total. The number of carbonyl (C=O) groups is 1. The van der Waals surface area contributed by atoms with Gasteiger partial charge in [-0.2, -0.15) is 0 Å². The third-order valence-corrected chi connectivity index (χ3v) is 3.96. The molecule has 0 aromatic heterocycles. The van der Waals surface area contributed by atoms with Gasteiger partial charge in [-0.05, 0) is 36.4 Å². The molecule has 0 unspecified atom stereocenters. The predicted octanol–water partition coefficient (Wildman–Crippen LogP) is 2.12. The summed E-state index contributed by atoms with van der Waals surface area (Å²) in [4.78, 5) is 24.2. The summed E-state index contributed by atoms with van der Waals surface area (Å²) in [7, 11) is 4.37. The first-order valence-corrected chi connectivity index (χ1v) is 8.38. The Morgan fingerprint density at radius 3 is 2.36 bits per heavy atom. The van der Waals surface area contributed by atoms with Crippen LogP contribution in [-0.2, 0) is 0 Å². The van der Waals surface area contributed by atoms with Crippen molar-refractivity contribution in [2.24, 2.45) is 0 Å². The number of nitro benzene ring substituents is 1. The van der Waals surface area contributed by atoms with Crippen molar-refractivity contribution in [3.05, 3.63) is 58.1 Å². The number of likely N-dealkylation sites (N-methyl/N-ethyl adjacent to an activating group) is 1. The number of aliphatic hydroxyl groups is 1. The first-order chi connectivity index (χ1) is 13.3. The quantitative estimate of drug-likeness (QED) is 0.516. The van der Waals surface area contributed by atoms with E-state index in [1.165, 1.54) is 31.2 Å². The highest BCUT2D eigenvalue weighted by molar-refractivity contribution is 5.95. The molecule has 2 rings (SSSR count). The molecule has 0 saturated heterocycles. The molecule has 2 aromatic rings. The zero-order valence-electron chi connectivity index (χ0n) is 15.8. The van der Waals surface area contributed by atoms with E-state index in [1.807, 2.05) is 0 Å². The fourth-order valence-electron chi connectivity index (χ4n) is 2.50. The monoisotopic (exact) mass is 390 g/mol. The van der Waals surface area contributed by atoms with Crippen LogP contribution in [0, 0.1) is 10.1 Å². The lowest BCUT2D eigenvalue weighted by atomic mass is 10.1. The minimum absolute atomic E-state index is 0.00514. The van der Waals surface area contributed by atoms with Gasteiger partial charge in [0.15, 0.2) is 5.75 Å². The van der Waals surface area contributed by atoms with E-state index in [9.17, 15) is 20.0 Å². The lowest BCUT2D eigenvalue weighted by Gasteiger charge is -2.21. The minimum Gasteiger partial charge on any atom is -0.497 e. The summed E-state index contributed by atoms with van der Waals surface area (Å²) in [6, 6.07) is 10.8. The molecule has 0 heterocycles. The molecule has 0 saturated carbocycles. The highest BCUT2D eigenvalue weighted by atomic mass is 16.6. The number of benzene rings is 2. The van der Waals surface area contributed by atoms with Gasteiger partial charge >= 0.3 is 5.69 Å². The van der Waals surface area contributed by atoms with E-state index in [0.717, 1.165) is 6.07 Å². The van der Waals surface area contributed by atoms with Crippen molar-refractivity contribution in [3.63, 3.8) is 0 Å². The number of methoxy groups -OCH3 is 2. The van der Waals surface area contributed by atoms with Gasteiger partial charge in [0, 0.05) is 25.2 Å². The predicted molar refractivity (Wildman–Crippen MR) is 101 cm³/mol. The van der Waals surface area contributed by atoms with Crippen LogP contribution < -0.4 is 14.2 Å². The average molecular weight is 390 g/mol. The SMILES string of the molecule is COc1ccc(OC[C@@H](O)CN(C)C(=O)c2ccc(OC)c([N+](=O)[O-])c2)cc1. The average Bonchev–Trinajstić information content (AvgIpc) is 2.71. The Hall–Kier alpha value is -3.33. The van der Waals surface area contributed by atoms with Gasteiger partial charge in [-0.15, -0.1) is 0 Å². The van der Waals surface area contributed by atoms with Gasteiger partial charge in [-0.1, -0.05) is 0 Å². The number of nitro groups is 1. The molecule has 1 N–H and O–H groups in total. The Balaban J connectivity index is 1.95. The van der Waals surface area contributed by atoms with Crippen LogP contribution >= 0.6 is 0 Å². The Kier molecular flexibility index (Phi) is 7.16. The van der Waals surface area contributed by atoms with Crippen LogP contribution in [0.15, 0.2) is 42.5 Å². The molecule has 150 valence electrons. The molecule has 28 heavy (non-hydrogen) atoms. The summed E-state index contributed by atoms with van der Waals surface area (Å²) in [5, 5.41) is 21.2. The van der Waals surface area contributed by atoms with Crippen molar-refractivity contribution < 1.29 is 29.0 Å². The van der Waals surface area contributed by atoms with Crippen molar-refractivity contribution in [1.29, 1.82) is 0 Å². The van der Waals surface area contributed by atoms with Gasteiger partial charge in [0.05, 0.1) is 19.1 Å². The molecule has 0 aliphatic heterocycles. The molecule has 0 bridgehead atoms. The summed E-state index contributed by atoms with van der Waals surface area (Å²) < 4.78 is 15.5. The number of amides is 1. The van der Waals surface area contributed by atoms with E-state index < -0.39 is 16.9 Å². The topological polar surface area (TPSA) is 111 Å². The second-order valence-corrected chi connectivity index (χ2v) is 5.97. The van der Waals surface area contributed by atoms with E-state index in [2.05, 4.69) is 0 Å². The van der Waals surface area contributed by atoms with E-state index in [1.54, 1.807) is 31.4 Å². The lowest BCUT2D eigenvalue weighted by molar-refractivity contribution is -0.385. The zero-order chi connectivity index (χ0) is 20.7. The molecule has 2 aromatic carbocycles. The highest BCUT2D eigenvalue weighted by Crippen LogP contribution is 2.28. The summed E-state index contributed by atoms with van der Waals surface area (Å²) in [6.45, 7) is -0.0263. The lowest BCUT2D eigenvalue weighted by Crippen LogP contribution is -2.37. The normalized spacial score (nSPS) is 11.4. The van der Waals surface area contributed by atoms with Crippen LogP contribution in [0.5, 0.6) is 17.2 Å². The van der Waals surface area contributed by atoms with Crippen LogP contribution in [0.4, 0.5) is 5.69 Å². The fourth-order valence-corrected chi connectivity index (χ4v) is 2.50. The third-order valence-electron chi connectivity index (χ3n) is 3.96. The van der Waals surface area contributed by atoms with Crippen LogP contribution in [0.25, 0.3) is 0 Å². The first kappa shape index (κ1) is 21.0. The standard InChI is InChI=1S/C19H22N2O7/c1-20(11-14(22)12-28-16-7-5-15(26-2)6-8-16)19(23)13-4-9-18(27-3)17(10-13)21(24)25/h4-10,14,22H,11-12H2,1-3H3/t14-/m0/s1. The Bertz CT molecular complexity index is 824. The molecular weight excluding hydrogens is 368 g/mol. The number of rotatable bonds is 9. The molecule has 1 amide bonds.